The van der Waals surface area contributed by atoms with Crippen LogP contribution >= 0.6 is 0 Å². The monoisotopic (exact) mass is 346 g/mol. The molecule has 1 N–H and O–H groups in total. The summed E-state index contributed by atoms with van der Waals surface area (Å²) in [6, 6.07) is 7.19. The van der Waals surface area contributed by atoms with Crippen LogP contribution in [0.25, 0.3) is 10.9 Å². The first kappa shape index (κ1) is 18.5. The fourth-order valence-electron chi connectivity index (χ4n) is 2.35. The van der Waals surface area contributed by atoms with Crippen molar-refractivity contribution in [1.82, 2.24) is 9.88 Å². The van der Waals surface area contributed by atoms with Gasteiger partial charge in [0.05, 0.1) is 12.7 Å². The highest BCUT2D eigenvalue weighted by atomic mass is 16.5. The van der Waals surface area contributed by atoms with E-state index in [9.17, 15) is 14.4 Å². The number of fused-ring (bicyclic) bond motifs is 1. The second-order valence-corrected chi connectivity index (χ2v) is 6.04. The highest BCUT2D eigenvalue weighted by molar-refractivity contribution is 6.04. The maximum atomic E-state index is 12.0. The lowest BCUT2D eigenvalue weighted by molar-refractivity contribution is -0.149. The molecular formula is C18H22N2O5. The van der Waals surface area contributed by atoms with Crippen molar-refractivity contribution in [3.8, 4) is 0 Å². The van der Waals surface area contributed by atoms with Crippen molar-refractivity contribution in [3.05, 3.63) is 36.0 Å². The maximum absolute atomic E-state index is 12.0. The van der Waals surface area contributed by atoms with Crippen LogP contribution in [-0.2, 0) is 25.6 Å². The third-order valence-electron chi connectivity index (χ3n) is 3.57. The van der Waals surface area contributed by atoms with Gasteiger partial charge in [0.15, 0.2) is 6.61 Å². The van der Waals surface area contributed by atoms with E-state index >= 15 is 0 Å². The topological polar surface area (TPSA) is 86.6 Å². The molecule has 0 spiro atoms. The zero-order chi connectivity index (χ0) is 18.4. The molecule has 0 atom stereocenters. The number of rotatable bonds is 7. The predicted molar refractivity (Wildman–Crippen MR) is 92.1 cm³/mol. The average molecular weight is 346 g/mol. The Labute approximate surface area is 145 Å². The molecule has 2 aromatic rings. The first-order chi connectivity index (χ1) is 11.9. The number of para-hydroxylation sites is 1. The number of amides is 1. The van der Waals surface area contributed by atoms with Gasteiger partial charge in [0, 0.05) is 23.6 Å². The number of esters is 2. The largest absolute Gasteiger partial charge is 0.465 e. The Bertz CT molecular complexity index is 779. The third-order valence-corrected chi connectivity index (χ3v) is 3.57. The lowest BCUT2D eigenvalue weighted by Crippen LogP contribution is -2.32. The molecule has 2 rings (SSSR count). The Kier molecular flexibility index (Phi) is 6.16. The number of benzene rings is 1. The molecule has 0 unspecified atom stereocenters. The smallest absolute Gasteiger partial charge is 0.340 e. The van der Waals surface area contributed by atoms with Crippen LogP contribution in [0.15, 0.2) is 30.5 Å². The Morgan fingerprint density at radius 2 is 1.92 bits per heavy atom. The van der Waals surface area contributed by atoms with Crippen LogP contribution in [0.1, 0.15) is 24.2 Å². The fourth-order valence-corrected chi connectivity index (χ4v) is 2.35. The van der Waals surface area contributed by atoms with Crippen LogP contribution in [0.2, 0.25) is 0 Å². The molecule has 25 heavy (non-hydrogen) atoms. The number of hydrogen-bond donors (Lipinski definition) is 1. The van der Waals surface area contributed by atoms with Crippen LogP contribution in [0.3, 0.4) is 0 Å². The minimum atomic E-state index is -0.558. The summed E-state index contributed by atoms with van der Waals surface area (Å²) in [6.07, 6.45) is 1.55. The van der Waals surface area contributed by atoms with E-state index in [1.165, 1.54) is 7.11 Å². The van der Waals surface area contributed by atoms with Crippen molar-refractivity contribution in [2.75, 3.05) is 20.3 Å². The molecule has 1 heterocycles. The molecular weight excluding hydrogens is 324 g/mol. The Morgan fingerprint density at radius 3 is 2.60 bits per heavy atom. The normalized spacial score (nSPS) is 10.7. The van der Waals surface area contributed by atoms with Crippen LogP contribution < -0.4 is 5.32 Å². The van der Waals surface area contributed by atoms with Gasteiger partial charge >= 0.3 is 11.9 Å². The van der Waals surface area contributed by atoms with E-state index in [0.717, 1.165) is 0 Å². The molecule has 0 aliphatic heterocycles. The summed E-state index contributed by atoms with van der Waals surface area (Å²) in [4.78, 5) is 35.5. The number of nitrogens with one attached hydrogen (secondary N) is 1. The highest BCUT2D eigenvalue weighted by Gasteiger charge is 2.17. The van der Waals surface area contributed by atoms with Crippen LogP contribution in [0.5, 0.6) is 0 Å². The summed E-state index contributed by atoms with van der Waals surface area (Å²) in [6.45, 7) is 4.05. The van der Waals surface area contributed by atoms with Crippen LogP contribution in [0.4, 0.5) is 0 Å². The molecule has 1 amide bonds. The van der Waals surface area contributed by atoms with Gasteiger partial charge in [0.1, 0.15) is 6.54 Å². The Hall–Kier alpha value is -2.83. The number of hydrogen-bond acceptors (Lipinski definition) is 5. The van der Waals surface area contributed by atoms with Crippen molar-refractivity contribution in [2.24, 2.45) is 5.92 Å². The summed E-state index contributed by atoms with van der Waals surface area (Å²) in [5, 5.41) is 3.36. The number of methoxy groups -OCH3 is 1. The molecule has 0 aliphatic carbocycles. The quantitative estimate of drug-likeness (QED) is 0.772. The van der Waals surface area contributed by atoms with E-state index in [1.807, 2.05) is 19.9 Å². The van der Waals surface area contributed by atoms with Crippen LogP contribution in [0, 0.1) is 5.92 Å². The van der Waals surface area contributed by atoms with Crippen LogP contribution in [-0.4, -0.2) is 42.7 Å². The predicted octanol–water partition coefficient (Wildman–Crippen LogP) is 1.74. The van der Waals surface area contributed by atoms with Crippen molar-refractivity contribution in [2.45, 2.75) is 20.4 Å². The van der Waals surface area contributed by atoms with Gasteiger partial charge in [-0.15, -0.1) is 0 Å². The average Bonchev–Trinajstić information content (AvgIpc) is 2.96. The van der Waals surface area contributed by atoms with E-state index < -0.39 is 11.9 Å². The number of carbonyl (C=O) groups excluding carboxylic acids is 3. The van der Waals surface area contributed by atoms with Gasteiger partial charge in [-0.1, -0.05) is 32.0 Å². The molecule has 0 saturated heterocycles. The van der Waals surface area contributed by atoms with Gasteiger partial charge in [0.2, 0.25) is 0 Å². The standard InChI is InChI=1S/C18H22N2O5/c1-12(2)8-19-16(21)11-25-17(22)10-20-9-14(18(23)24-3)13-6-4-5-7-15(13)20/h4-7,9,12H,8,10-11H2,1-3H3,(H,19,21). The highest BCUT2D eigenvalue weighted by Crippen LogP contribution is 2.22. The van der Waals surface area contributed by atoms with Gasteiger partial charge in [-0.25, -0.2) is 4.79 Å². The van der Waals surface area contributed by atoms with E-state index in [-0.39, 0.29) is 19.1 Å². The van der Waals surface area contributed by atoms with E-state index in [2.05, 4.69) is 5.32 Å². The fraction of sp³-hybridized carbons (Fsp3) is 0.389. The second kappa shape index (κ2) is 8.32. The number of ether oxygens (including phenoxy) is 2. The van der Waals surface area contributed by atoms with E-state index in [4.69, 9.17) is 9.47 Å². The Morgan fingerprint density at radius 1 is 1.20 bits per heavy atom. The SMILES string of the molecule is COC(=O)c1cn(CC(=O)OCC(=O)NCC(C)C)c2ccccc12. The van der Waals surface area contributed by atoms with E-state index in [1.54, 1.807) is 29.0 Å². The zero-order valence-corrected chi connectivity index (χ0v) is 14.6. The summed E-state index contributed by atoms with van der Waals surface area (Å²) in [5.41, 5.74) is 1.09. The summed E-state index contributed by atoms with van der Waals surface area (Å²) < 4.78 is 11.4. The first-order valence-corrected chi connectivity index (χ1v) is 8.01. The first-order valence-electron chi connectivity index (χ1n) is 8.01. The van der Waals surface area contributed by atoms with Gasteiger partial charge < -0.3 is 19.4 Å². The molecule has 0 bridgehead atoms. The lowest BCUT2D eigenvalue weighted by Gasteiger charge is -2.09. The van der Waals surface area contributed by atoms with Crippen molar-refractivity contribution in [1.29, 1.82) is 0 Å². The minimum absolute atomic E-state index is 0.102. The van der Waals surface area contributed by atoms with Crippen molar-refractivity contribution < 1.29 is 23.9 Å². The Balaban J connectivity index is 2.04. The molecule has 7 heteroatoms. The van der Waals surface area contributed by atoms with Gasteiger partial charge in [-0.2, -0.15) is 0 Å². The molecule has 1 aromatic heterocycles. The molecule has 0 saturated carbocycles. The minimum Gasteiger partial charge on any atom is -0.465 e. The molecule has 1 aromatic carbocycles. The van der Waals surface area contributed by atoms with Gasteiger partial charge in [-0.05, 0) is 12.0 Å². The van der Waals surface area contributed by atoms with Gasteiger partial charge in [-0.3, -0.25) is 9.59 Å². The van der Waals surface area contributed by atoms with Crippen molar-refractivity contribution >= 4 is 28.7 Å². The number of carbonyl (C=O) groups is 3. The molecule has 134 valence electrons. The lowest BCUT2D eigenvalue weighted by atomic mass is 10.2. The number of nitrogens with zero attached hydrogens (tertiary/aromatic N) is 1. The van der Waals surface area contributed by atoms with Crippen molar-refractivity contribution in [3.63, 3.8) is 0 Å². The van der Waals surface area contributed by atoms with E-state index in [0.29, 0.717) is 28.9 Å². The number of aromatic nitrogens is 1. The maximum Gasteiger partial charge on any atom is 0.340 e. The summed E-state index contributed by atoms with van der Waals surface area (Å²) >= 11 is 0. The van der Waals surface area contributed by atoms with Gasteiger partial charge in [0.25, 0.3) is 5.91 Å². The summed E-state index contributed by atoms with van der Waals surface area (Å²) in [5.74, 6) is -1.05. The molecule has 7 nitrogen and oxygen atoms in total. The molecule has 0 radical (unpaired) electrons. The summed E-state index contributed by atoms with van der Waals surface area (Å²) in [7, 11) is 1.30. The zero-order valence-electron chi connectivity index (χ0n) is 14.6. The second-order valence-electron chi connectivity index (χ2n) is 6.04. The molecule has 0 aliphatic rings. The third kappa shape index (κ3) is 4.82. The molecule has 0 fully saturated rings.